The second-order valence-corrected chi connectivity index (χ2v) is 6.65. The van der Waals surface area contributed by atoms with Crippen molar-refractivity contribution in [3.63, 3.8) is 0 Å². The van der Waals surface area contributed by atoms with Crippen molar-refractivity contribution in [3.05, 3.63) is 29.3 Å². The molecule has 1 rings (SSSR count). The van der Waals surface area contributed by atoms with Gasteiger partial charge in [0.2, 0.25) is 0 Å². The Morgan fingerprint density at radius 2 is 2.00 bits per heavy atom. The maximum atomic E-state index is 11.5. The Bertz CT molecular complexity index is 578. The number of benzene rings is 1. The van der Waals surface area contributed by atoms with E-state index in [-0.39, 0.29) is 0 Å². The van der Waals surface area contributed by atoms with E-state index in [4.69, 9.17) is 0 Å². The lowest BCUT2D eigenvalue weighted by molar-refractivity contribution is 0.582. The molecule has 0 atom stereocenters. The minimum Gasteiger partial charge on any atom is -0.352 e. The molecule has 0 fully saturated rings. The van der Waals surface area contributed by atoms with Gasteiger partial charge < -0.3 is 10.2 Å². The van der Waals surface area contributed by atoms with Crippen LogP contribution in [0.3, 0.4) is 0 Å². The average Bonchev–Trinajstić information content (AvgIpc) is 2.27. The Morgan fingerprint density at radius 3 is 2.42 bits per heavy atom. The monoisotopic (exact) mass is 283 g/mol. The number of aliphatic imine (C=N–C) groups is 1. The van der Waals surface area contributed by atoms with E-state index in [1.165, 1.54) is 6.26 Å². The fourth-order valence-corrected chi connectivity index (χ4v) is 2.81. The van der Waals surface area contributed by atoms with Crippen LogP contribution >= 0.6 is 0 Å². The number of guanidine groups is 1. The molecule has 6 heteroatoms. The Morgan fingerprint density at radius 1 is 1.37 bits per heavy atom. The predicted octanol–water partition coefficient (Wildman–Crippen LogP) is 1.04. The van der Waals surface area contributed by atoms with Crippen molar-refractivity contribution in [1.82, 2.24) is 10.2 Å². The lowest BCUT2D eigenvalue weighted by Gasteiger charge is -2.17. The summed E-state index contributed by atoms with van der Waals surface area (Å²) in [6, 6.07) is 5.35. The van der Waals surface area contributed by atoms with Crippen LogP contribution in [0.1, 0.15) is 11.1 Å². The summed E-state index contributed by atoms with van der Waals surface area (Å²) in [7, 11) is 2.39. The number of aryl methyl sites for hydroxylation is 1. The molecule has 0 aliphatic carbocycles. The Kier molecular flexibility index (Phi) is 4.94. The molecular weight excluding hydrogens is 262 g/mol. The quantitative estimate of drug-likeness (QED) is 0.665. The third-order valence-corrected chi connectivity index (χ3v) is 3.98. The largest absolute Gasteiger partial charge is 0.352 e. The first-order valence-corrected chi connectivity index (χ1v) is 7.82. The molecule has 19 heavy (non-hydrogen) atoms. The maximum Gasteiger partial charge on any atom is 0.193 e. The van der Waals surface area contributed by atoms with E-state index in [0.29, 0.717) is 11.4 Å². The maximum absolute atomic E-state index is 11.5. The molecule has 0 spiro atoms. The highest BCUT2D eigenvalue weighted by atomic mass is 32.2. The molecule has 0 aromatic heterocycles. The normalized spacial score (nSPS) is 12.4. The van der Waals surface area contributed by atoms with Crippen LogP contribution in [-0.4, -0.2) is 46.7 Å². The molecule has 1 aromatic carbocycles. The first kappa shape index (κ1) is 15.5. The zero-order valence-electron chi connectivity index (χ0n) is 12.1. The summed E-state index contributed by atoms with van der Waals surface area (Å²) in [5.74, 6) is 0.782. The molecule has 5 nitrogen and oxygen atoms in total. The van der Waals surface area contributed by atoms with E-state index in [1.807, 2.05) is 31.1 Å². The summed E-state index contributed by atoms with van der Waals surface area (Å²) in [5, 5.41) is 3.20. The van der Waals surface area contributed by atoms with Gasteiger partial charge in [-0.15, -0.1) is 0 Å². The molecule has 1 aromatic rings. The van der Waals surface area contributed by atoms with Crippen molar-refractivity contribution in [2.75, 3.05) is 27.4 Å². The van der Waals surface area contributed by atoms with Gasteiger partial charge in [0.25, 0.3) is 0 Å². The highest BCUT2D eigenvalue weighted by Crippen LogP contribution is 2.16. The molecule has 1 N–H and O–H groups in total. The Hall–Kier alpha value is -1.56. The predicted molar refractivity (Wildman–Crippen MR) is 78.2 cm³/mol. The lowest BCUT2D eigenvalue weighted by atomic mass is 10.1. The first-order valence-electron chi connectivity index (χ1n) is 5.93. The van der Waals surface area contributed by atoms with Crippen molar-refractivity contribution < 1.29 is 8.42 Å². The van der Waals surface area contributed by atoms with Gasteiger partial charge in [0.15, 0.2) is 15.8 Å². The molecule has 0 bridgehead atoms. The lowest BCUT2D eigenvalue weighted by Crippen LogP contribution is -2.35. The van der Waals surface area contributed by atoms with Crippen LogP contribution < -0.4 is 5.32 Å². The smallest absolute Gasteiger partial charge is 0.193 e. The zero-order chi connectivity index (χ0) is 14.6. The number of hydrogen-bond acceptors (Lipinski definition) is 3. The summed E-state index contributed by atoms with van der Waals surface area (Å²) in [6.07, 6.45) is 1.22. The van der Waals surface area contributed by atoms with Gasteiger partial charge in [-0.25, -0.2) is 8.42 Å². The minimum atomic E-state index is -3.15. The second kappa shape index (κ2) is 6.06. The summed E-state index contributed by atoms with van der Waals surface area (Å²) in [4.78, 5) is 6.39. The first-order chi connectivity index (χ1) is 8.75. The summed E-state index contributed by atoms with van der Waals surface area (Å²) < 4.78 is 23.1. The van der Waals surface area contributed by atoms with Gasteiger partial charge >= 0.3 is 0 Å². The van der Waals surface area contributed by atoms with Gasteiger partial charge in [0.1, 0.15) is 0 Å². The highest BCUT2D eigenvalue weighted by molar-refractivity contribution is 7.90. The molecule has 106 valence electrons. The number of rotatable bonds is 3. The molecule has 0 saturated carbocycles. The van der Waals surface area contributed by atoms with Crippen molar-refractivity contribution in [2.24, 2.45) is 4.99 Å². The topological polar surface area (TPSA) is 61.8 Å². The number of nitrogens with zero attached hydrogens (tertiary/aromatic N) is 2. The van der Waals surface area contributed by atoms with Crippen molar-refractivity contribution in [3.8, 4) is 0 Å². The van der Waals surface area contributed by atoms with Crippen molar-refractivity contribution in [2.45, 2.75) is 18.4 Å². The van der Waals surface area contributed by atoms with Crippen molar-refractivity contribution >= 4 is 15.8 Å². The molecule has 0 aliphatic rings. The van der Waals surface area contributed by atoms with E-state index < -0.39 is 9.84 Å². The molecule has 0 unspecified atom stereocenters. The highest BCUT2D eigenvalue weighted by Gasteiger charge is 2.11. The van der Waals surface area contributed by atoms with E-state index in [0.717, 1.165) is 17.1 Å². The van der Waals surface area contributed by atoms with E-state index in [2.05, 4.69) is 10.3 Å². The molecule has 0 radical (unpaired) electrons. The molecule has 0 amide bonds. The van der Waals surface area contributed by atoms with Crippen LogP contribution in [-0.2, 0) is 16.4 Å². The summed E-state index contributed by atoms with van der Waals surface area (Å²) >= 11 is 0. The van der Waals surface area contributed by atoms with Gasteiger partial charge in [-0.3, -0.25) is 4.99 Å². The van der Waals surface area contributed by atoms with Crippen LogP contribution in [0.15, 0.2) is 28.1 Å². The van der Waals surface area contributed by atoms with Crippen LogP contribution in [0.25, 0.3) is 0 Å². The number of sulfone groups is 1. The molecule has 0 saturated heterocycles. The minimum absolute atomic E-state index is 0.383. The van der Waals surface area contributed by atoms with Crippen LogP contribution in [0.5, 0.6) is 0 Å². The van der Waals surface area contributed by atoms with Gasteiger partial charge in [0.05, 0.1) is 4.90 Å². The third kappa shape index (κ3) is 4.24. The van der Waals surface area contributed by atoms with Crippen LogP contribution in [0.2, 0.25) is 0 Å². The zero-order valence-corrected chi connectivity index (χ0v) is 12.9. The van der Waals surface area contributed by atoms with Crippen molar-refractivity contribution in [1.29, 1.82) is 0 Å². The molecular formula is C13H21N3O2S. The fraction of sp³-hybridized carbons (Fsp3) is 0.462. The van der Waals surface area contributed by atoms with Gasteiger partial charge in [-0.05, 0) is 24.1 Å². The second-order valence-electron chi connectivity index (χ2n) is 4.67. The fourth-order valence-electron chi connectivity index (χ4n) is 1.86. The van der Waals surface area contributed by atoms with Gasteiger partial charge in [-0.1, -0.05) is 12.1 Å². The van der Waals surface area contributed by atoms with Crippen LogP contribution in [0, 0.1) is 6.92 Å². The van der Waals surface area contributed by atoms with Crippen LogP contribution in [0.4, 0.5) is 0 Å². The standard InChI is InChI=1S/C13H21N3O2S/c1-10-8-11(6-7-12(10)19(5,17)18)9-15-13(14-2)16(3)4/h6-8H,9H2,1-5H3,(H,14,15). The molecule has 0 aliphatic heterocycles. The van der Waals surface area contributed by atoms with E-state index in [9.17, 15) is 8.42 Å². The third-order valence-electron chi connectivity index (χ3n) is 2.72. The van der Waals surface area contributed by atoms with E-state index in [1.54, 1.807) is 20.0 Å². The average molecular weight is 283 g/mol. The summed E-state index contributed by atoms with van der Waals surface area (Å²) in [5.41, 5.74) is 1.79. The SMILES string of the molecule is CN=C(NCc1ccc(S(C)(=O)=O)c(C)c1)N(C)C. The Balaban J connectivity index is 2.86. The van der Waals surface area contributed by atoms with Gasteiger partial charge in [-0.2, -0.15) is 0 Å². The number of nitrogens with one attached hydrogen (secondary N) is 1. The van der Waals surface area contributed by atoms with Gasteiger partial charge in [0, 0.05) is 33.9 Å². The van der Waals surface area contributed by atoms with E-state index >= 15 is 0 Å². The Labute approximate surface area is 115 Å². The number of hydrogen-bond donors (Lipinski definition) is 1. The summed E-state index contributed by atoms with van der Waals surface area (Å²) in [6.45, 7) is 2.41. The molecule has 0 heterocycles.